The maximum absolute atomic E-state index is 12.4. The Hall–Kier alpha value is -0.970. The second kappa shape index (κ2) is 4.61. The van der Waals surface area contributed by atoms with Crippen LogP contribution in [0.2, 0.25) is 0 Å². The van der Waals surface area contributed by atoms with Crippen molar-refractivity contribution in [1.82, 2.24) is 10.6 Å². The van der Waals surface area contributed by atoms with Crippen molar-refractivity contribution >= 4 is 29.1 Å². The van der Waals surface area contributed by atoms with Crippen LogP contribution in [-0.4, -0.2) is 16.9 Å². The number of carbonyl (C=O) groups is 2. The Morgan fingerprint density at radius 2 is 1.83 bits per heavy atom. The fraction of sp³-hybridized carbons (Fsp3) is 0.769. The first-order valence-corrected chi connectivity index (χ1v) is 7.02. The monoisotopic (exact) mass is 268 g/mol. The van der Waals surface area contributed by atoms with Gasteiger partial charge in [-0.05, 0) is 36.4 Å². The van der Waals surface area contributed by atoms with Gasteiger partial charge < -0.3 is 10.6 Å². The van der Waals surface area contributed by atoms with Crippen LogP contribution in [0.4, 0.5) is 0 Å². The van der Waals surface area contributed by atoms with Gasteiger partial charge in [-0.3, -0.25) is 9.59 Å². The van der Waals surface area contributed by atoms with Crippen molar-refractivity contribution in [3.8, 4) is 0 Å². The lowest BCUT2D eigenvalue weighted by molar-refractivity contribution is -0.149. The molecule has 5 heteroatoms. The van der Waals surface area contributed by atoms with Crippen LogP contribution in [0.15, 0.2) is 0 Å². The highest BCUT2D eigenvalue weighted by atomic mass is 32.1. The zero-order valence-electron chi connectivity index (χ0n) is 11.1. The van der Waals surface area contributed by atoms with Crippen molar-refractivity contribution in [2.75, 3.05) is 0 Å². The molecule has 0 aromatic carbocycles. The minimum absolute atomic E-state index is 0.0622. The van der Waals surface area contributed by atoms with Crippen LogP contribution in [-0.2, 0) is 9.59 Å². The molecule has 2 fully saturated rings. The predicted molar refractivity (Wildman–Crippen MR) is 72.7 cm³/mol. The zero-order chi connectivity index (χ0) is 13.5. The van der Waals surface area contributed by atoms with E-state index in [9.17, 15) is 9.59 Å². The molecule has 1 aliphatic heterocycles. The first kappa shape index (κ1) is 13.5. The molecule has 2 N–H and O–H groups in total. The van der Waals surface area contributed by atoms with Gasteiger partial charge >= 0.3 is 0 Å². The molecule has 18 heavy (non-hydrogen) atoms. The van der Waals surface area contributed by atoms with Crippen molar-refractivity contribution < 1.29 is 9.59 Å². The molecule has 2 aliphatic rings. The standard InChI is InChI=1S/C13H20N2O2S/c1-4-5-9-6-7(2)13(8(9)3)10(16)14-12(18)15-11(13)17/h7-9H,4-6H2,1-3H3,(H2,14,15,16,17,18). The number of nitrogens with one attached hydrogen (secondary N) is 2. The summed E-state index contributed by atoms with van der Waals surface area (Å²) < 4.78 is 0. The Morgan fingerprint density at radius 3 is 2.33 bits per heavy atom. The lowest BCUT2D eigenvalue weighted by Crippen LogP contribution is -2.65. The number of hydrogen-bond acceptors (Lipinski definition) is 3. The molecule has 4 nitrogen and oxygen atoms in total. The van der Waals surface area contributed by atoms with E-state index in [2.05, 4.69) is 17.6 Å². The molecule has 2 amide bonds. The zero-order valence-corrected chi connectivity index (χ0v) is 11.9. The van der Waals surface area contributed by atoms with Crippen molar-refractivity contribution in [2.24, 2.45) is 23.2 Å². The first-order valence-electron chi connectivity index (χ1n) is 6.61. The van der Waals surface area contributed by atoms with E-state index >= 15 is 0 Å². The van der Waals surface area contributed by atoms with Crippen LogP contribution >= 0.6 is 12.2 Å². The van der Waals surface area contributed by atoms with Crippen molar-refractivity contribution in [1.29, 1.82) is 0 Å². The van der Waals surface area contributed by atoms with E-state index in [0.29, 0.717) is 5.92 Å². The lowest BCUT2D eigenvalue weighted by Gasteiger charge is -2.38. The van der Waals surface area contributed by atoms with E-state index in [0.717, 1.165) is 19.3 Å². The minimum atomic E-state index is -0.928. The molecule has 1 aliphatic carbocycles. The average molecular weight is 268 g/mol. The van der Waals surface area contributed by atoms with Crippen molar-refractivity contribution in [3.05, 3.63) is 0 Å². The van der Waals surface area contributed by atoms with Gasteiger partial charge in [-0.1, -0.05) is 33.6 Å². The molecular formula is C13H20N2O2S. The largest absolute Gasteiger partial charge is 0.302 e. The lowest BCUT2D eigenvalue weighted by atomic mass is 9.69. The average Bonchev–Trinajstić information content (AvgIpc) is 2.50. The van der Waals surface area contributed by atoms with Gasteiger partial charge in [-0.15, -0.1) is 0 Å². The summed E-state index contributed by atoms with van der Waals surface area (Å²) in [6.45, 7) is 6.16. The summed E-state index contributed by atoms with van der Waals surface area (Å²) in [6.07, 6.45) is 3.08. The SMILES string of the molecule is CCCC1CC(C)C2(C(=O)NC(=S)NC2=O)C1C. The van der Waals surface area contributed by atoms with Gasteiger partial charge in [0.1, 0.15) is 5.41 Å². The maximum atomic E-state index is 12.4. The Labute approximate surface area is 113 Å². The molecule has 0 aromatic heterocycles. The molecule has 0 bridgehead atoms. The Bertz CT molecular complexity index is 388. The summed E-state index contributed by atoms with van der Waals surface area (Å²) in [7, 11) is 0. The molecule has 2 rings (SSSR count). The van der Waals surface area contributed by atoms with Crippen molar-refractivity contribution in [3.63, 3.8) is 0 Å². The third kappa shape index (κ3) is 1.67. The number of hydrogen-bond donors (Lipinski definition) is 2. The summed E-state index contributed by atoms with van der Waals surface area (Å²) in [6, 6.07) is 0. The summed E-state index contributed by atoms with van der Waals surface area (Å²) in [5, 5.41) is 5.39. The van der Waals surface area contributed by atoms with Gasteiger partial charge in [0, 0.05) is 0 Å². The summed E-state index contributed by atoms with van der Waals surface area (Å²) in [5.74, 6) is 0.139. The fourth-order valence-corrected chi connectivity index (χ4v) is 4.00. The van der Waals surface area contributed by atoms with Crippen LogP contribution in [0.5, 0.6) is 0 Å². The number of rotatable bonds is 2. The van der Waals surface area contributed by atoms with Crippen LogP contribution in [0.3, 0.4) is 0 Å². The quantitative estimate of drug-likeness (QED) is 0.591. The summed E-state index contributed by atoms with van der Waals surface area (Å²) >= 11 is 4.87. The molecular weight excluding hydrogens is 248 g/mol. The van der Waals surface area contributed by atoms with E-state index in [4.69, 9.17) is 12.2 Å². The topological polar surface area (TPSA) is 58.2 Å². The number of amides is 2. The molecule has 1 spiro atoms. The Morgan fingerprint density at radius 1 is 1.28 bits per heavy atom. The van der Waals surface area contributed by atoms with E-state index in [1.165, 1.54) is 0 Å². The van der Waals surface area contributed by atoms with Crippen LogP contribution < -0.4 is 10.6 Å². The van der Waals surface area contributed by atoms with Gasteiger partial charge in [-0.2, -0.15) is 0 Å². The van der Waals surface area contributed by atoms with Gasteiger partial charge in [0.2, 0.25) is 11.8 Å². The van der Waals surface area contributed by atoms with Crippen LogP contribution in [0, 0.1) is 23.2 Å². The van der Waals surface area contributed by atoms with Gasteiger partial charge in [0.25, 0.3) is 0 Å². The Kier molecular flexibility index (Phi) is 3.45. The second-order valence-corrected chi connectivity index (χ2v) is 5.99. The summed E-state index contributed by atoms with van der Waals surface area (Å²) in [5.41, 5.74) is -0.928. The van der Waals surface area contributed by atoms with Crippen LogP contribution in [0.1, 0.15) is 40.0 Å². The van der Waals surface area contributed by atoms with Crippen LogP contribution in [0.25, 0.3) is 0 Å². The number of carbonyl (C=O) groups excluding carboxylic acids is 2. The fourth-order valence-electron chi connectivity index (χ4n) is 3.81. The van der Waals surface area contributed by atoms with Gasteiger partial charge in [0.05, 0.1) is 0 Å². The molecule has 0 aromatic rings. The van der Waals surface area contributed by atoms with E-state index in [1.807, 2.05) is 13.8 Å². The second-order valence-electron chi connectivity index (χ2n) is 5.58. The van der Waals surface area contributed by atoms with E-state index in [1.54, 1.807) is 0 Å². The molecule has 100 valence electrons. The maximum Gasteiger partial charge on any atom is 0.242 e. The minimum Gasteiger partial charge on any atom is -0.302 e. The first-order chi connectivity index (χ1) is 8.44. The van der Waals surface area contributed by atoms with E-state index < -0.39 is 5.41 Å². The highest BCUT2D eigenvalue weighted by Crippen LogP contribution is 2.53. The van der Waals surface area contributed by atoms with Gasteiger partial charge in [0.15, 0.2) is 5.11 Å². The van der Waals surface area contributed by atoms with E-state index in [-0.39, 0.29) is 28.8 Å². The molecule has 0 radical (unpaired) electrons. The Balaban J connectivity index is 2.37. The highest BCUT2D eigenvalue weighted by molar-refractivity contribution is 7.80. The molecule has 1 heterocycles. The van der Waals surface area contributed by atoms with Gasteiger partial charge in [-0.25, -0.2) is 0 Å². The van der Waals surface area contributed by atoms with Crippen molar-refractivity contribution in [2.45, 2.75) is 40.0 Å². The molecule has 1 saturated heterocycles. The molecule has 1 saturated carbocycles. The molecule has 3 atom stereocenters. The normalized spacial score (nSPS) is 34.6. The predicted octanol–water partition coefficient (Wildman–Crippen LogP) is 1.60. The molecule has 3 unspecified atom stereocenters. The highest BCUT2D eigenvalue weighted by Gasteiger charge is 2.62. The third-order valence-electron chi connectivity index (χ3n) is 4.72. The number of thiocarbonyl (C=S) groups is 1. The summed E-state index contributed by atoms with van der Waals surface area (Å²) in [4.78, 5) is 24.7. The third-order valence-corrected chi connectivity index (χ3v) is 4.93. The smallest absolute Gasteiger partial charge is 0.242 e.